The Labute approximate surface area is 184 Å². The van der Waals surface area contributed by atoms with E-state index in [1.807, 2.05) is 41.3 Å². The maximum atomic E-state index is 13.0. The molecule has 31 heavy (non-hydrogen) atoms. The molecule has 3 aromatic rings. The molecule has 0 unspecified atom stereocenters. The predicted molar refractivity (Wildman–Crippen MR) is 126 cm³/mol. The van der Waals surface area contributed by atoms with E-state index < -0.39 is 0 Å². The van der Waals surface area contributed by atoms with Crippen LogP contribution >= 0.6 is 0 Å². The molecule has 3 aromatic carbocycles. The number of nitrogens with one attached hydrogen (secondary N) is 1. The van der Waals surface area contributed by atoms with Gasteiger partial charge in [-0.1, -0.05) is 68.4 Å². The normalized spacial score (nSPS) is 16.5. The Morgan fingerprint density at radius 2 is 1.74 bits per heavy atom. The van der Waals surface area contributed by atoms with Gasteiger partial charge in [-0.05, 0) is 52.8 Å². The molecule has 1 saturated heterocycles. The van der Waals surface area contributed by atoms with Gasteiger partial charge >= 0.3 is 0 Å². The van der Waals surface area contributed by atoms with Gasteiger partial charge in [-0.3, -0.25) is 9.59 Å². The minimum Gasteiger partial charge on any atom is -0.342 e. The summed E-state index contributed by atoms with van der Waals surface area (Å²) in [6, 6.07) is 22.3. The number of nitrogens with zero attached hydrogens (tertiary/aromatic N) is 1. The van der Waals surface area contributed by atoms with Crippen molar-refractivity contribution in [3.05, 3.63) is 77.9 Å². The first-order valence-electron chi connectivity index (χ1n) is 11.2. The lowest BCUT2D eigenvalue weighted by Gasteiger charge is -2.32. The highest BCUT2D eigenvalue weighted by Crippen LogP contribution is 2.23. The molecule has 1 atom stereocenters. The lowest BCUT2D eigenvalue weighted by molar-refractivity contribution is -0.133. The van der Waals surface area contributed by atoms with Gasteiger partial charge in [0, 0.05) is 18.8 Å². The number of carbonyl (C=O) groups is 2. The summed E-state index contributed by atoms with van der Waals surface area (Å²) in [4.78, 5) is 27.7. The number of carbonyl (C=O) groups excluding carboxylic acids is 2. The number of benzene rings is 3. The third-order valence-corrected chi connectivity index (χ3v) is 6.21. The predicted octanol–water partition coefficient (Wildman–Crippen LogP) is 5.38. The van der Waals surface area contributed by atoms with Crippen molar-refractivity contribution in [1.82, 2.24) is 4.90 Å². The van der Waals surface area contributed by atoms with Gasteiger partial charge in [-0.25, -0.2) is 0 Å². The minimum atomic E-state index is -0.171. The summed E-state index contributed by atoms with van der Waals surface area (Å²) in [5.74, 6) is 0.384. The molecule has 0 spiro atoms. The Morgan fingerprint density at radius 3 is 2.52 bits per heavy atom. The fraction of sp³-hybridized carbons (Fsp3) is 0.333. The van der Waals surface area contributed by atoms with Gasteiger partial charge in [-0.15, -0.1) is 0 Å². The van der Waals surface area contributed by atoms with E-state index in [-0.39, 0.29) is 17.7 Å². The average Bonchev–Trinajstić information content (AvgIpc) is 2.79. The highest BCUT2D eigenvalue weighted by molar-refractivity contribution is 5.94. The van der Waals surface area contributed by atoms with Gasteiger partial charge in [0.05, 0.1) is 12.3 Å². The van der Waals surface area contributed by atoms with E-state index in [4.69, 9.17) is 0 Å². The minimum absolute atomic E-state index is 0.0000390. The smallest absolute Gasteiger partial charge is 0.229 e. The molecule has 1 aliphatic heterocycles. The molecule has 0 aliphatic carbocycles. The van der Waals surface area contributed by atoms with Crippen molar-refractivity contribution in [1.29, 1.82) is 0 Å². The van der Waals surface area contributed by atoms with Crippen LogP contribution in [0.5, 0.6) is 0 Å². The molecule has 0 aromatic heterocycles. The Morgan fingerprint density at radius 1 is 1.00 bits per heavy atom. The molecule has 1 N–H and O–H groups in total. The highest BCUT2D eigenvalue weighted by Gasteiger charge is 2.28. The van der Waals surface area contributed by atoms with Crippen LogP contribution in [-0.2, 0) is 16.0 Å². The van der Waals surface area contributed by atoms with Crippen LogP contribution in [0, 0.1) is 5.92 Å². The SMILES string of the molecule is CC(C)c1ccc(NC(=O)[C@@H]2CCCN(C(=O)Cc3cccc4ccccc34)C2)cc1. The van der Waals surface area contributed by atoms with E-state index in [1.165, 1.54) is 5.56 Å². The Bertz CT molecular complexity index is 1070. The van der Waals surface area contributed by atoms with Gasteiger partial charge in [0.15, 0.2) is 0 Å². The van der Waals surface area contributed by atoms with Crippen LogP contribution in [0.4, 0.5) is 5.69 Å². The molecule has 4 heteroatoms. The van der Waals surface area contributed by atoms with Gasteiger partial charge < -0.3 is 10.2 Å². The second kappa shape index (κ2) is 9.34. The first-order valence-corrected chi connectivity index (χ1v) is 11.2. The maximum Gasteiger partial charge on any atom is 0.229 e. The number of amides is 2. The first kappa shape index (κ1) is 21.1. The van der Waals surface area contributed by atoms with Crippen LogP contribution in [0.3, 0.4) is 0 Å². The topological polar surface area (TPSA) is 49.4 Å². The molecule has 1 heterocycles. The summed E-state index contributed by atoms with van der Waals surface area (Å²) in [5.41, 5.74) is 3.11. The van der Waals surface area contributed by atoms with Gasteiger partial charge in [0.1, 0.15) is 0 Å². The number of likely N-dealkylation sites (tertiary alicyclic amines) is 1. The molecule has 2 amide bonds. The summed E-state index contributed by atoms with van der Waals surface area (Å²) >= 11 is 0. The summed E-state index contributed by atoms with van der Waals surface area (Å²) in [6.45, 7) is 5.51. The molecule has 4 rings (SSSR count). The Balaban J connectivity index is 1.39. The number of hydrogen-bond acceptors (Lipinski definition) is 2. The van der Waals surface area contributed by atoms with Crippen molar-refractivity contribution in [3.8, 4) is 0 Å². The molecular formula is C27H30N2O2. The maximum absolute atomic E-state index is 13.0. The Kier molecular flexibility index (Phi) is 6.36. The van der Waals surface area contributed by atoms with Crippen LogP contribution in [0.2, 0.25) is 0 Å². The van der Waals surface area contributed by atoms with Gasteiger partial charge in [-0.2, -0.15) is 0 Å². The largest absolute Gasteiger partial charge is 0.342 e. The molecule has 1 aliphatic rings. The summed E-state index contributed by atoms with van der Waals surface area (Å²) in [6.07, 6.45) is 2.03. The van der Waals surface area contributed by atoms with E-state index in [0.717, 1.165) is 41.4 Å². The highest BCUT2D eigenvalue weighted by atomic mass is 16.2. The zero-order valence-electron chi connectivity index (χ0n) is 18.3. The van der Waals surface area contributed by atoms with Gasteiger partial charge in [0.2, 0.25) is 11.8 Å². The van der Waals surface area contributed by atoms with Crippen molar-refractivity contribution < 1.29 is 9.59 Å². The van der Waals surface area contributed by atoms with Crippen molar-refractivity contribution in [2.24, 2.45) is 5.92 Å². The van der Waals surface area contributed by atoms with E-state index in [1.54, 1.807) is 0 Å². The number of rotatable bonds is 5. The van der Waals surface area contributed by atoms with E-state index in [0.29, 0.717) is 18.9 Å². The fourth-order valence-electron chi connectivity index (χ4n) is 4.33. The van der Waals surface area contributed by atoms with Crippen molar-refractivity contribution in [2.45, 2.75) is 39.0 Å². The van der Waals surface area contributed by atoms with E-state index in [2.05, 4.69) is 49.5 Å². The van der Waals surface area contributed by atoms with Gasteiger partial charge in [0.25, 0.3) is 0 Å². The molecule has 0 saturated carbocycles. The van der Waals surface area contributed by atoms with Crippen LogP contribution < -0.4 is 5.32 Å². The second-order valence-electron chi connectivity index (χ2n) is 8.76. The number of fused-ring (bicyclic) bond motifs is 1. The van der Waals surface area contributed by atoms with Crippen molar-refractivity contribution in [3.63, 3.8) is 0 Å². The quantitative estimate of drug-likeness (QED) is 0.609. The fourth-order valence-corrected chi connectivity index (χ4v) is 4.33. The number of hydrogen-bond donors (Lipinski definition) is 1. The molecule has 1 fully saturated rings. The molecule has 160 valence electrons. The van der Waals surface area contributed by atoms with Crippen molar-refractivity contribution in [2.75, 3.05) is 18.4 Å². The zero-order valence-corrected chi connectivity index (χ0v) is 18.3. The average molecular weight is 415 g/mol. The molecular weight excluding hydrogens is 384 g/mol. The van der Waals surface area contributed by atoms with Crippen LogP contribution in [0.25, 0.3) is 10.8 Å². The van der Waals surface area contributed by atoms with E-state index >= 15 is 0 Å². The third kappa shape index (κ3) is 4.96. The molecule has 4 nitrogen and oxygen atoms in total. The lowest BCUT2D eigenvalue weighted by Crippen LogP contribution is -2.44. The standard InChI is InChI=1S/C27H30N2O2/c1-19(2)20-12-14-24(15-13-20)28-27(31)23-10-6-16-29(18-23)26(30)17-22-9-5-8-21-7-3-4-11-25(21)22/h3-5,7-9,11-15,19,23H,6,10,16-18H2,1-2H3,(H,28,31)/t23-/m1/s1. The summed E-state index contributed by atoms with van der Waals surface area (Å²) in [5, 5.41) is 5.30. The van der Waals surface area contributed by atoms with Crippen LogP contribution in [0.1, 0.15) is 43.7 Å². The Hall–Kier alpha value is -3.14. The summed E-state index contributed by atoms with van der Waals surface area (Å²) < 4.78 is 0. The van der Waals surface area contributed by atoms with Crippen LogP contribution in [0.15, 0.2) is 66.7 Å². The zero-order chi connectivity index (χ0) is 21.8. The third-order valence-electron chi connectivity index (χ3n) is 6.21. The van der Waals surface area contributed by atoms with Crippen LogP contribution in [-0.4, -0.2) is 29.8 Å². The molecule has 0 radical (unpaired) electrons. The van der Waals surface area contributed by atoms with Crippen molar-refractivity contribution >= 4 is 28.3 Å². The monoisotopic (exact) mass is 414 g/mol. The van der Waals surface area contributed by atoms with E-state index in [9.17, 15) is 9.59 Å². The second-order valence-corrected chi connectivity index (χ2v) is 8.76. The lowest BCUT2D eigenvalue weighted by atomic mass is 9.95. The first-order chi connectivity index (χ1) is 15.0. The number of anilines is 1. The molecule has 0 bridgehead atoms. The summed E-state index contributed by atoms with van der Waals surface area (Å²) in [7, 11) is 0. The number of piperidine rings is 1.